The Morgan fingerprint density at radius 2 is 1.52 bits per heavy atom. The summed E-state index contributed by atoms with van der Waals surface area (Å²) in [6, 6.07) is 22.7. The number of hydrogen-bond donors (Lipinski definition) is 1. The van der Waals surface area contributed by atoms with Gasteiger partial charge in [-0.25, -0.2) is 0 Å². The molecular formula is C19H19NO. The number of nitrogens with two attached hydrogens (primary N) is 1. The normalized spacial score (nSPS) is 12.3. The zero-order valence-corrected chi connectivity index (χ0v) is 12.1. The Morgan fingerprint density at radius 1 is 0.857 bits per heavy atom. The van der Waals surface area contributed by atoms with Crippen LogP contribution in [0.2, 0.25) is 0 Å². The fourth-order valence-electron chi connectivity index (χ4n) is 2.77. The monoisotopic (exact) mass is 277 g/mol. The minimum atomic E-state index is -0.0248. The molecule has 2 N–H and O–H groups in total. The molecule has 21 heavy (non-hydrogen) atoms. The van der Waals surface area contributed by atoms with Crippen molar-refractivity contribution in [2.75, 3.05) is 7.11 Å². The second-order valence-corrected chi connectivity index (χ2v) is 5.20. The minimum Gasteiger partial charge on any atom is -0.496 e. The quantitative estimate of drug-likeness (QED) is 0.779. The number of hydrogen-bond acceptors (Lipinski definition) is 2. The van der Waals surface area contributed by atoms with Gasteiger partial charge in [-0.15, -0.1) is 0 Å². The van der Waals surface area contributed by atoms with Gasteiger partial charge in [-0.2, -0.15) is 0 Å². The molecule has 0 saturated carbocycles. The first-order valence-corrected chi connectivity index (χ1v) is 7.14. The Bertz CT molecular complexity index is 737. The minimum absolute atomic E-state index is 0.0248. The van der Waals surface area contributed by atoms with Crippen LogP contribution in [0, 0.1) is 0 Å². The summed E-state index contributed by atoms with van der Waals surface area (Å²) in [4.78, 5) is 0. The molecule has 3 rings (SSSR count). The zero-order chi connectivity index (χ0) is 14.7. The molecule has 0 aliphatic carbocycles. The van der Waals surface area contributed by atoms with Gasteiger partial charge in [0.15, 0.2) is 0 Å². The first-order chi connectivity index (χ1) is 10.3. The molecule has 3 aromatic rings. The van der Waals surface area contributed by atoms with Crippen LogP contribution in [0.1, 0.15) is 17.2 Å². The van der Waals surface area contributed by atoms with Gasteiger partial charge < -0.3 is 10.5 Å². The molecule has 1 atom stereocenters. The number of methoxy groups -OCH3 is 1. The highest BCUT2D eigenvalue weighted by Crippen LogP contribution is 2.31. The van der Waals surface area contributed by atoms with Gasteiger partial charge in [0.2, 0.25) is 0 Å². The van der Waals surface area contributed by atoms with Crippen LogP contribution in [0.25, 0.3) is 10.8 Å². The molecule has 2 heteroatoms. The van der Waals surface area contributed by atoms with Crippen molar-refractivity contribution in [1.29, 1.82) is 0 Å². The largest absolute Gasteiger partial charge is 0.496 e. The first-order valence-electron chi connectivity index (χ1n) is 7.14. The van der Waals surface area contributed by atoms with Gasteiger partial charge in [-0.3, -0.25) is 0 Å². The van der Waals surface area contributed by atoms with E-state index in [4.69, 9.17) is 10.5 Å². The van der Waals surface area contributed by atoms with Crippen molar-refractivity contribution < 1.29 is 4.74 Å². The van der Waals surface area contributed by atoms with Crippen molar-refractivity contribution in [1.82, 2.24) is 0 Å². The van der Waals surface area contributed by atoms with Gasteiger partial charge in [0.25, 0.3) is 0 Å². The Morgan fingerprint density at radius 3 is 2.24 bits per heavy atom. The van der Waals surface area contributed by atoms with E-state index in [-0.39, 0.29) is 6.04 Å². The van der Waals surface area contributed by atoms with Crippen molar-refractivity contribution in [3.8, 4) is 5.75 Å². The van der Waals surface area contributed by atoms with Crippen LogP contribution >= 0.6 is 0 Å². The molecule has 0 heterocycles. The highest BCUT2D eigenvalue weighted by atomic mass is 16.5. The highest BCUT2D eigenvalue weighted by Gasteiger charge is 2.12. The molecule has 3 aromatic carbocycles. The number of benzene rings is 3. The first kappa shape index (κ1) is 13.7. The summed E-state index contributed by atoms with van der Waals surface area (Å²) >= 11 is 0. The van der Waals surface area contributed by atoms with E-state index in [1.807, 2.05) is 36.4 Å². The van der Waals surface area contributed by atoms with Crippen molar-refractivity contribution in [3.05, 3.63) is 77.9 Å². The predicted molar refractivity (Wildman–Crippen MR) is 87.6 cm³/mol. The van der Waals surface area contributed by atoms with Crippen LogP contribution in [-0.2, 0) is 6.42 Å². The summed E-state index contributed by atoms with van der Waals surface area (Å²) in [6.45, 7) is 0. The molecular weight excluding hydrogens is 258 g/mol. The van der Waals surface area contributed by atoms with E-state index in [0.717, 1.165) is 23.1 Å². The van der Waals surface area contributed by atoms with Crippen molar-refractivity contribution in [2.45, 2.75) is 12.5 Å². The van der Waals surface area contributed by atoms with Crippen LogP contribution < -0.4 is 10.5 Å². The molecule has 0 radical (unpaired) electrons. The molecule has 0 bridgehead atoms. The summed E-state index contributed by atoms with van der Waals surface area (Å²) < 4.78 is 5.44. The Kier molecular flexibility index (Phi) is 3.89. The third kappa shape index (κ3) is 2.76. The molecule has 0 saturated heterocycles. The molecule has 106 valence electrons. The lowest BCUT2D eigenvalue weighted by Gasteiger charge is -2.16. The lowest BCUT2D eigenvalue weighted by atomic mass is 9.94. The maximum atomic E-state index is 6.44. The van der Waals surface area contributed by atoms with E-state index >= 15 is 0 Å². The predicted octanol–water partition coefficient (Wildman–Crippen LogP) is 4.09. The summed E-state index contributed by atoms with van der Waals surface area (Å²) in [6.07, 6.45) is 0.831. The number of ether oxygens (including phenoxy) is 1. The highest BCUT2D eigenvalue weighted by molar-refractivity contribution is 5.91. The van der Waals surface area contributed by atoms with Gasteiger partial charge in [0, 0.05) is 11.4 Å². The molecule has 0 amide bonds. The van der Waals surface area contributed by atoms with Crippen LogP contribution in [-0.4, -0.2) is 7.11 Å². The van der Waals surface area contributed by atoms with E-state index in [1.165, 1.54) is 10.9 Å². The lowest BCUT2D eigenvalue weighted by Crippen LogP contribution is -2.13. The zero-order valence-electron chi connectivity index (χ0n) is 12.1. The fourth-order valence-corrected chi connectivity index (χ4v) is 2.77. The summed E-state index contributed by atoms with van der Waals surface area (Å²) in [5, 5.41) is 2.28. The molecule has 0 aliphatic rings. The molecule has 2 nitrogen and oxygen atoms in total. The number of fused-ring (bicyclic) bond motifs is 1. The molecule has 0 aromatic heterocycles. The van der Waals surface area contributed by atoms with Crippen molar-refractivity contribution in [2.24, 2.45) is 5.73 Å². The second-order valence-electron chi connectivity index (χ2n) is 5.20. The summed E-state index contributed by atoms with van der Waals surface area (Å²) in [5.41, 5.74) is 8.86. The van der Waals surface area contributed by atoms with E-state index in [9.17, 15) is 0 Å². The molecule has 0 fully saturated rings. The van der Waals surface area contributed by atoms with E-state index in [0.29, 0.717) is 0 Å². The maximum absolute atomic E-state index is 6.44. The van der Waals surface area contributed by atoms with Crippen LogP contribution in [0.5, 0.6) is 5.75 Å². The van der Waals surface area contributed by atoms with E-state index in [1.54, 1.807) is 7.11 Å². The SMILES string of the molecule is COc1ccc(C(N)Cc2ccccc2)c2ccccc12. The van der Waals surface area contributed by atoms with Crippen molar-refractivity contribution in [3.63, 3.8) is 0 Å². The molecule has 0 spiro atoms. The second kappa shape index (κ2) is 5.98. The maximum Gasteiger partial charge on any atom is 0.126 e. The van der Waals surface area contributed by atoms with Gasteiger partial charge in [-0.1, -0.05) is 60.7 Å². The topological polar surface area (TPSA) is 35.2 Å². The van der Waals surface area contributed by atoms with E-state index < -0.39 is 0 Å². The Balaban J connectivity index is 2.00. The van der Waals surface area contributed by atoms with Crippen molar-refractivity contribution >= 4 is 10.8 Å². The summed E-state index contributed by atoms with van der Waals surface area (Å²) in [5.74, 6) is 0.890. The smallest absolute Gasteiger partial charge is 0.126 e. The van der Waals surface area contributed by atoms with Crippen LogP contribution in [0.15, 0.2) is 66.7 Å². The van der Waals surface area contributed by atoms with Gasteiger partial charge in [-0.05, 0) is 29.0 Å². The lowest BCUT2D eigenvalue weighted by molar-refractivity contribution is 0.419. The molecule has 0 aliphatic heterocycles. The van der Waals surface area contributed by atoms with Crippen LogP contribution in [0.4, 0.5) is 0 Å². The fraction of sp³-hybridized carbons (Fsp3) is 0.158. The van der Waals surface area contributed by atoms with Gasteiger partial charge in [0.1, 0.15) is 5.75 Å². The average Bonchev–Trinajstić information content (AvgIpc) is 2.54. The summed E-state index contributed by atoms with van der Waals surface area (Å²) in [7, 11) is 1.70. The van der Waals surface area contributed by atoms with E-state index in [2.05, 4.69) is 30.3 Å². The molecule has 1 unspecified atom stereocenters. The Labute approximate surface area is 125 Å². The third-order valence-corrected chi connectivity index (χ3v) is 3.84. The average molecular weight is 277 g/mol. The third-order valence-electron chi connectivity index (χ3n) is 3.84. The van der Waals surface area contributed by atoms with Crippen LogP contribution in [0.3, 0.4) is 0 Å². The number of rotatable bonds is 4. The van der Waals surface area contributed by atoms with Gasteiger partial charge >= 0.3 is 0 Å². The van der Waals surface area contributed by atoms with Gasteiger partial charge in [0.05, 0.1) is 7.11 Å². The Hall–Kier alpha value is -2.32. The standard InChI is InChI=1S/C19H19NO/c1-21-19-12-11-16(15-9-5-6-10-17(15)19)18(20)13-14-7-3-2-4-8-14/h2-12,18H,13,20H2,1H3.